The molecule has 130 valence electrons. The first kappa shape index (κ1) is 17.6. The zero-order valence-corrected chi connectivity index (χ0v) is 15.3. The molecule has 2 aromatic heterocycles. The van der Waals surface area contributed by atoms with Crippen LogP contribution >= 0.6 is 23.4 Å². The molecule has 3 rings (SSSR count). The molecular weight excluding hydrogens is 360 g/mol. The van der Waals surface area contributed by atoms with Crippen LogP contribution in [0.15, 0.2) is 40.8 Å². The second kappa shape index (κ2) is 7.79. The minimum Gasteiger partial charge on any atom is -0.283 e. The normalized spacial score (nSPS) is 11.1. The fourth-order valence-electron chi connectivity index (χ4n) is 2.41. The minimum atomic E-state index is -0.136. The van der Waals surface area contributed by atoms with Crippen LogP contribution in [-0.4, -0.2) is 29.8 Å². The highest BCUT2D eigenvalue weighted by atomic mass is 35.5. The first-order valence-corrected chi connectivity index (χ1v) is 9.19. The minimum absolute atomic E-state index is 0.136. The summed E-state index contributed by atoms with van der Waals surface area (Å²) in [6.07, 6.45) is 2.61. The smallest absolute Gasteiger partial charge is 0.262 e. The first-order chi connectivity index (χ1) is 12.1. The van der Waals surface area contributed by atoms with E-state index in [1.165, 1.54) is 11.8 Å². The number of allylic oxidation sites excluding steroid dienone is 1. The largest absolute Gasteiger partial charge is 0.283 e. The average molecular weight is 377 g/mol. The molecule has 3 aromatic rings. The van der Waals surface area contributed by atoms with E-state index in [2.05, 4.69) is 34.0 Å². The van der Waals surface area contributed by atoms with E-state index in [1.807, 2.05) is 0 Å². The zero-order valence-electron chi connectivity index (χ0n) is 13.7. The number of aromatic nitrogens is 6. The molecule has 9 heteroatoms. The number of fused-ring (bicyclic) bond motifs is 1. The zero-order chi connectivity index (χ0) is 17.8. The number of nitrogens with zero attached hydrogens (tertiary/aromatic N) is 6. The van der Waals surface area contributed by atoms with Crippen molar-refractivity contribution in [3.63, 3.8) is 0 Å². The van der Waals surface area contributed by atoms with E-state index < -0.39 is 0 Å². The van der Waals surface area contributed by atoms with E-state index >= 15 is 0 Å². The number of benzene rings is 1. The van der Waals surface area contributed by atoms with Crippen LogP contribution in [0.3, 0.4) is 0 Å². The maximum Gasteiger partial charge on any atom is 0.262 e. The maximum absolute atomic E-state index is 12.8. The van der Waals surface area contributed by atoms with Crippen molar-refractivity contribution in [2.24, 2.45) is 0 Å². The Morgan fingerprint density at radius 3 is 3.00 bits per heavy atom. The van der Waals surface area contributed by atoms with Gasteiger partial charge in [-0.1, -0.05) is 36.4 Å². The Labute approximate surface area is 153 Å². The van der Waals surface area contributed by atoms with Crippen LogP contribution in [0.1, 0.15) is 19.2 Å². The molecule has 0 radical (unpaired) electrons. The van der Waals surface area contributed by atoms with Gasteiger partial charge < -0.3 is 0 Å². The number of aryl methyl sites for hydroxylation is 1. The van der Waals surface area contributed by atoms with Gasteiger partial charge in [0, 0.05) is 18.1 Å². The monoisotopic (exact) mass is 376 g/mol. The van der Waals surface area contributed by atoms with Gasteiger partial charge in [-0.25, -0.2) is 9.67 Å². The molecule has 1 aromatic carbocycles. The van der Waals surface area contributed by atoms with Crippen molar-refractivity contribution < 1.29 is 0 Å². The Kier molecular flexibility index (Phi) is 5.50. The number of hydrogen-bond donors (Lipinski definition) is 0. The van der Waals surface area contributed by atoms with Gasteiger partial charge in [0.05, 0.1) is 16.7 Å². The summed E-state index contributed by atoms with van der Waals surface area (Å²) in [6, 6.07) is 5.12. The quantitative estimate of drug-likeness (QED) is 0.358. The van der Waals surface area contributed by atoms with Gasteiger partial charge in [0.15, 0.2) is 11.0 Å². The molecule has 0 atom stereocenters. The van der Waals surface area contributed by atoms with Crippen LogP contribution in [0.4, 0.5) is 0 Å². The third-order valence-electron chi connectivity index (χ3n) is 3.56. The highest BCUT2D eigenvalue weighted by molar-refractivity contribution is 7.98. The standard InChI is InChI=1S/C16H17ClN6OS/c1-3-7-22-15(24)12-9-11(17)5-6-13(12)18-16(22)25-10-14-19-20-21-23(14)8-4-2/h3,5-6,9H,1,4,7-8,10H2,2H3. The van der Waals surface area contributed by atoms with Gasteiger partial charge in [0.1, 0.15) is 0 Å². The third kappa shape index (κ3) is 3.74. The predicted octanol–water partition coefficient (Wildman–Crippen LogP) is 2.92. The molecule has 7 nitrogen and oxygen atoms in total. The van der Waals surface area contributed by atoms with E-state index in [0.29, 0.717) is 33.4 Å². The highest BCUT2D eigenvalue weighted by Gasteiger charge is 2.13. The number of thioether (sulfide) groups is 1. The van der Waals surface area contributed by atoms with E-state index in [0.717, 1.165) is 18.8 Å². The lowest BCUT2D eigenvalue weighted by atomic mass is 10.2. The van der Waals surface area contributed by atoms with Crippen LogP contribution in [-0.2, 0) is 18.8 Å². The summed E-state index contributed by atoms with van der Waals surface area (Å²) in [5.74, 6) is 1.28. The molecule has 0 amide bonds. The maximum atomic E-state index is 12.8. The van der Waals surface area contributed by atoms with Gasteiger partial charge in [0.2, 0.25) is 0 Å². The van der Waals surface area contributed by atoms with Crippen molar-refractivity contribution in [3.8, 4) is 0 Å². The summed E-state index contributed by atoms with van der Waals surface area (Å²) in [6.45, 7) is 6.92. The van der Waals surface area contributed by atoms with Crippen molar-refractivity contribution in [1.29, 1.82) is 0 Å². The van der Waals surface area contributed by atoms with Gasteiger partial charge in [-0.05, 0) is 35.0 Å². The number of rotatable bonds is 7. The summed E-state index contributed by atoms with van der Waals surface area (Å²) in [7, 11) is 0. The summed E-state index contributed by atoms with van der Waals surface area (Å²) >= 11 is 7.44. The number of halogens is 1. The molecule has 0 aliphatic carbocycles. The number of tetrazole rings is 1. The molecule has 0 aliphatic rings. The molecule has 0 fully saturated rings. The molecular formula is C16H17ClN6OS. The summed E-state index contributed by atoms with van der Waals surface area (Å²) < 4.78 is 3.36. The molecule has 0 spiro atoms. The van der Waals surface area contributed by atoms with Crippen molar-refractivity contribution in [2.45, 2.75) is 37.3 Å². The lowest BCUT2D eigenvalue weighted by Crippen LogP contribution is -2.23. The lowest BCUT2D eigenvalue weighted by Gasteiger charge is -2.11. The predicted molar refractivity (Wildman–Crippen MR) is 98.9 cm³/mol. The molecule has 2 heterocycles. The van der Waals surface area contributed by atoms with Crippen LogP contribution in [0.5, 0.6) is 0 Å². The van der Waals surface area contributed by atoms with Crippen molar-refractivity contribution in [2.75, 3.05) is 0 Å². The molecule has 0 saturated heterocycles. The first-order valence-electron chi connectivity index (χ1n) is 7.83. The van der Waals surface area contributed by atoms with E-state index in [4.69, 9.17) is 11.6 Å². The second-order valence-electron chi connectivity index (χ2n) is 5.37. The van der Waals surface area contributed by atoms with Gasteiger partial charge in [-0.15, -0.1) is 11.7 Å². The molecule has 25 heavy (non-hydrogen) atoms. The van der Waals surface area contributed by atoms with E-state index in [1.54, 1.807) is 33.5 Å². The summed E-state index contributed by atoms with van der Waals surface area (Å²) in [4.78, 5) is 17.4. The Balaban J connectivity index is 1.98. The second-order valence-corrected chi connectivity index (χ2v) is 6.75. The topological polar surface area (TPSA) is 78.5 Å². The Hall–Kier alpha value is -2.19. The summed E-state index contributed by atoms with van der Waals surface area (Å²) in [5, 5.41) is 13.4. The molecule has 0 bridgehead atoms. The molecule has 0 unspecified atom stereocenters. The Morgan fingerprint density at radius 2 is 2.24 bits per heavy atom. The van der Waals surface area contributed by atoms with Crippen molar-refractivity contribution in [3.05, 3.63) is 52.1 Å². The van der Waals surface area contributed by atoms with Crippen LogP contribution in [0.25, 0.3) is 10.9 Å². The van der Waals surface area contributed by atoms with Crippen LogP contribution < -0.4 is 5.56 Å². The van der Waals surface area contributed by atoms with Gasteiger partial charge >= 0.3 is 0 Å². The van der Waals surface area contributed by atoms with Gasteiger partial charge in [0.25, 0.3) is 5.56 Å². The van der Waals surface area contributed by atoms with E-state index in [9.17, 15) is 4.79 Å². The third-order valence-corrected chi connectivity index (χ3v) is 4.77. The van der Waals surface area contributed by atoms with Crippen molar-refractivity contribution in [1.82, 2.24) is 29.8 Å². The fourth-order valence-corrected chi connectivity index (χ4v) is 3.53. The van der Waals surface area contributed by atoms with Crippen molar-refractivity contribution >= 4 is 34.3 Å². The lowest BCUT2D eigenvalue weighted by molar-refractivity contribution is 0.564. The van der Waals surface area contributed by atoms with Crippen LogP contribution in [0.2, 0.25) is 5.02 Å². The van der Waals surface area contributed by atoms with Gasteiger partial charge in [-0.2, -0.15) is 0 Å². The van der Waals surface area contributed by atoms with E-state index in [-0.39, 0.29) is 5.56 Å². The number of hydrogen-bond acceptors (Lipinski definition) is 6. The van der Waals surface area contributed by atoms with Crippen LogP contribution in [0, 0.1) is 0 Å². The average Bonchev–Trinajstić information content (AvgIpc) is 3.04. The molecule has 0 aliphatic heterocycles. The Morgan fingerprint density at radius 1 is 1.40 bits per heavy atom. The molecule has 0 N–H and O–H groups in total. The van der Waals surface area contributed by atoms with Gasteiger partial charge in [-0.3, -0.25) is 9.36 Å². The fraction of sp³-hybridized carbons (Fsp3) is 0.312. The Bertz CT molecular complexity index is 967. The SMILES string of the molecule is C=CCn1c(SCc2nnnn2CCC)nc2ccc(Cl)cc2c1=O. The summed E-state index contributed by atoms with van der Waals surface area (Å²) in [5.41, 5.74) is 0.480. The highest BCUT2D eigenvalue weighted by Crippen LogP contribution is 2.22. The molecule has 0 saturated carbocycles.